The highest BCUT2D eigenvalue weighted by molar-refractivity contribution is 6.33. The van der Waals surface area contributed by atoms with Gasteiger partial charge in [0.1, 0.15) is 0 Å². The van der Waals surface area contributed by atoms with E-state index in [1.807, 2.05) is 0 Å². The van der Waals surface area contributed by atoms with E-state index in [4.69, 9.17) is 17.3 Å². The van der Waals surface area contributed by atoms with Crippen molar-refractivity contribution in [3.63, 3.8) is 0 Å². The van der Waals surface area contributed by atoms with E-state index >= 15 is 0 Å². The molecule has 0 saturated heterocycles. The zero-order valence-electron chi connectivity index (χ0n) is 8.85. The quantitative estimate of drug-likeness (QED) is 0.802. The highest BCUT2D eigenvalue weighted by atomic mass is 35.5. The predicted octanol–water partition coefficient (Wildman–Crippen LogP) is 2.57. The standard InChI is InChI=1S/C12H10ClN3O/c13-9-5-3-7-15-11(9)16-12(17)8-4-1-2-6-10(8)14/h1-7H,14H2,(H,15,16,17). The molecule has 5 heteroatoms. The molecule has 0 atom stereocenters. The van der Waals surface area contributed by atoms with Gasteiger partial charge in [0.15, 0.2) is 5.82 Å². The molecular weight excluding hydrogens is 238 g/mol. The first-order valence-corrected chi connectivity index (χ1v) is 5.32. The fourth-order valence-electron chi connectivity index (χ4n) is 1.36. The molecule has 17 heavy (non-hydrogen) atoms. The Bertz CT molecular complexity index is 557. The Morgan fingerprint density at radius 2 is 2.00 bits per heavy atom. The van der Waals surface area contributed by atoms with Gasteiger partial charge < -0.3 is 11.1 Å². The van der Waals surface area contributed by atoms with Crippen molar-refractivity contribution < 1.29 is 4.79 Å². The number of aromatic nitrogens is 1. The van der Waals surface area contributed by atoms with Crippen LogP contribution in [0.25, 0.3) is 0 Å². The summed E-state index contributed by atoms with van der Waals surface area (Å²) in [6, 6.07) is 10.1. The predicted molar refractivity (Wildman–Crippen MR) is 68.1 cm³/mol. The number of pyridine rings is 1. The highest BCUT2D eigenvalue weighted by Crippen LogP contribution is 2.19. The molecule has 1 aromatic heterocycles. The number of anilines is 2. The van der Waals surface area contributed by atoms with Gasteiger partial charge in [-0.1, -0.05) is 23.7 Å². The summed E-state index contributed by atoms with van der Waals surface area (Å²) < 4.78 is 0. The number of amides is 1. The molecule has 1 aromatic carbocycles. The molecule has 1 amide bonds. The largest absolute Gasteiger partial charge is 0.398 e. The number of rotatable bonds is 2. The zero-order valence-corrected chi connectivity index (χ0v) is 9.61. The maximum Gasteiger partial charge on any atom is 0.258 e. The number of benzene rings is 1. The summed E-state index contributed by atoms with van der Waals surface area (Å²) >= 11 is 5.89. The Balaban J connectivity index is 2.24. The van der Waals surface area contributed by atoms with Crippen LogP contribution in [0.4, 0.5) is 11.5 Å². The second-order valence-electron chi connectivity index (χ2n) is 3.38. The third-order valence-electron chi connectivity index (χ3n) is 2.20. The maximum atomic E-state index is 11.9. The maximum absolute atomic E-state index is 11.9. The summed E-state index contributed by atoms with van der Waals surface area (Å²) in [5.74, 6) is -0.00822. The molecule has 0 fully saturated rings. The molecule has 2 rings (SSSR count). The van der Waals surface area contributed by atoms with E-state index in [0.717, 1.165) is 0 Å². The molecule has 0 aliphatic carbocycles. The summed E-state index contributed by atoms with van der Waals surface area (Å²) in [7, 11) is 0. The van der Waals surface area contributed by atoms with Crippen LogP contribution >= 0.6 is 11.6 Å². The van der Waals surface area contributed by atoms with Gasteiger partial charge in [-0.15, -0.1) is 0 Å². The third kappa shape index (κ3) is 2.54. The summed E-state index contributed by atoms with van der Waals surface area (Å²) in [5.41, 5.74) is 6.51. The first-order chi connectivity index (χ1) is 8.18. The lowest BCUT2D eigenvalue weighted by molar-refractivity contribution is 0.102. The number of nitrogen functional groups attached to an aromatic ring is 1. The van der Waals surface area contributed by atoms with E-state index in [1.54, 1.807) is 42.6 Å². The van der Waals surface area contributed by atoms with Crippen LogP contribution in [0.1, 0.15) is 10.4 Å². The molecule has 0 aliphatic heterocycles. The second kappa shape index (κ2) is 4.84. The van der Waals surface area contributed by atoms with Crippen LogP contribution < -0.4 is 11.1 Å². The van der Waals surface area contributed by atoms with E-state index in [1.165, 1.54) is 0 Å². The van der Waals surface area contributed by atoms with Crippen LogP contribution in [0.15, 0.2) is 42.6 Å². The van der Waals surface area contributed by atoms with Gasteiger partial charge in [0, 0.05) is 11.9 Å². The minimum atomic E-state index is -0.330. The second-order valence-corrected chi connectivity index (χ2v) is 3.78. The van der Waals surface area contributed by atoms with Gasteiger partial charge in [-0.3, -0.25) is 4.79 Å². The fraction of sp³-hybridized carbons (Fsp3) is 0. The highest BCUT2D eigenvalue weighted by Gasteiger charge is 2.11. The molecule has 86 valence electrons. The summed E-state index contributed by atoms with van der Waals surface area (Å²) in [6.45, 7) is 0. The van der Waals surface area contributed by atoms with Crippen LogP contribution in [-0.4, -0.2) is 10.9 Å². The molecule has 0 aliphatic rings. The molecule has 2 aromatic rings. The number of hydrogen-bond donors (Lipinski definition) is 2. The van der Waals surface area contributed by atoms with E-state index in [-0.39, 0.29) is 5.91 Å². The van der Waals surface area contributed by atoms with Crippen molar-refractivity contribution >= 4 is 29.0 Å². The van der Waals surface area contributed by atoms with Crippen molar-refractivity contribution in [3.05, 3.63) is 53.2 Å². The van der Waals surface area contributed by atoms with E-state index < -0.39 is 0 Å². The molecular formula is C12H10ClN3O. The first kappa shape index (κ1) is 11.4. The van der Waals surface area contributed by atoms with Crippen molar-refractivity contribution in [2.45, 2.75) is 0 Å². The zero-order chi connectivity index (χ0) is 12.3. The Morgan fingerprint density at radius 1 is 1.24 bits per heavy atom. The van der Waals surface area contributed by atoms with E-state index in [9.17, 15) is 4.79 Å². The SMILES string of the molecule is Nc1ccccc1C(=O)Nc1ncccc1Cl. The van der Waals surface area contributed by atoms with Gasteiger partial charge in [0.25, 0.3) is 5.91 Å². The summed E-state index contributed by atoms with van der Waals surface area (Å²) in [6.07, 6.45) is 1.55. The molecule has 0 unspecified atom stereocenters. The number of nitrogens with zero attached hydrogens (tertiary/aromatic N) is 1. The van der Waals surface area contributed by atoms with Gasteiger partial charge in [-0.25, -0.2) is 4.98 Å². The van der Waals surface area contributed by atoms with Crippen LogP contribution in [-0.2, 0) is 0 Å². The Morgan fingerprint density at radius 3 is 2.71 bits per heavy atom. The van der Waals surface area contributed by atoms with Crippen LogP contribution in [0, 0.1) is 0 Å². The van der Waals surface area contributed by atoms with E-state index in [0.29, 0.717) is 22.1 Å². The van der Waals surface area contributed by atoms with Crippen LogP contribution in [0.2, 0.25) is 5.02 Å². The van der Waals surface area contributed by atoms with E-state index in [2.05, 4.69) is 10.3 Å². The Hall–Kier alpha value is -2.07. The van der Waals surface area contributed by atoms with Gasteiger partial charge in [-0.05, 0) is 24.3 Å². The summed E-state index contributed by atoms with van der Waals surface area (Å²) in [5, 5.41) is 2.99. The normalized spacial score (nSPS) is 9.94. The van der Waals surface area contributed by atoms with Gasteiger partial charge >= 0.3 is 0 Å². The van der Waals surface area contributed by atoms with Crippen molar-refractivity contribution in [3.8, 4) is 0 Å². The van der Waals surface area contributed by atoms with Crippen molar-refractivity contribution in [1.82, 2.24) is 4.98 Å². The molecule has 0 saturated carbocycles. The molecule has 3 N–H and O–H groups in total. The number of nitrogens with two attached hydrogens (primary N) is 1. The van der Waals surface area contributed by atoms with Crippen LogP contribution in [0.3, 0.4) is 0 Å². The number of para-hydroxylation sites is 1. The fourth-order valence-corrected chi connectivity index (χ4v) is 1.53. The molecule has 0 spiro atoms. The van der Waals surface area contributed by atoms with Crippen LogP contribution in [0.5, 0.6) is 0 Å². The minimum Gasteiger partial charge on any atom is -0.398 e. The lowest BCUT2D eigenvalue weighted by Gasteiger charge is -2.07. The van der Waals surface area contributed by atoms with Crippen molar-refractivity contribution in [2.75, 3.05) is 11.1 Å². The average molecular weight is 248 g/mol. The van der Waals surface area contributed by atoms with Crippen molar-refractivity contribution in [1.29, 1.82) is 0 Å². The number of carbonyl (C=O) groups excluding carboxylic acids is 1. The molecule has 1 heterocycles. The average Bonchev–Trinajstić information content (AvgIpc) is 2.32. The first-order valence-electron chi connectivity index (χ1n) is 4.95. The Kier molecular flexibility index (Phi) is 3.25. The topological polar surface area (TPSA) is 68.0 Å². The number of carbonyl (C=O) groups is 1. The van der Waals surface area contributed by atoms with Gasteiger partial charge in [-0.2, -0.15) is 0 Å². The summed E-state index contributed by atoms with van der Waals surface area (Å²) in [4.78, 5) is 15.9. The third-order valence-corrected chi connectivity index (χ3v) is 2.50. The number of nitrogens with one attached hydrogen (secondary N) is 1. The smallest absolute Gasteiger partial charge is 0.258 e. The lowest BCUT2D eigenvalue weighted by atomic mass is 10.1. The minimum absolute atomic E-state index is 0.322. The van der Waals surface area contributed by atoms with Gasteiger partial charge in [0.2, 0.25) is 0 Å². The lowest BCUT2D eigenvalue weighted by Crippen LogP contribution is -2.15. The number of halogens is 1. The Labute approximate surface area is 103 Å². The monoisotopic (exact) mass is 247 g/mol. The van der Waals surface area contributed by atoms with Crippen molar-refractivity contribution in [2.24, 2.45) is 0 Å². The number of hydrogen-bond acceptors (Lipinski definition) is 3. The molecule has 4 nitrogen and oxygen atoms in total. The van der Waals surface area contributed by atoms with Gasteiger partial charge in [0.05, 0.1) is 10.6 Å². The molecule has 0 radical (unpaired) electrons. The molecule has 0 bridgehead atoms.